The zero-order chi connectivity index (χ0) is 18.3. The SMILES string of the molecule is COC(=O)c1ccn(CCCC(NC(=O)OC(C)(C)C)C(=O)O)n1. The van der Waals surface area contributed by atoms with Gasteiger partial charge in [-0.3, -0.25) is 4.68 Å². The maximum Gasteiger partial charge on any atom is 0.408 e. The minimum atomic E-state index is -1.14. The molecule has 2 N–H and O–H groups in total. The Labute approximate surface area is 139 Å². The highest BCUT2D eigenvalue weighted by molar-refractivity contribution is 5.86. The summed E-state index contributed by atoms with van der Waals surface area (Å²) >= 11 is 0. The van der Waals surface area contributed by atoms with Gasteiger partial charge in [-0.25, -0.2) is 14.4 Å². The van der Waals surface area contributed by atoms with E-state index in [1.165, 1.54) is 17.9 Å². The Morgan fingerprint density at radius 2 is 2.04 bits per heavy atom. The van der Waals surface area contributed by atoms with Gasteiger partial charge in [0.05, 0.1) is 7.11 Å². The summed E-state index contributed by atoms with van der Waals surface area (Å²) in [6.45, 7) is 5.48. The van der Waals surface area contributed by atoms with Crippen LogP contribution in [0.5, 0.6) is 0 Å². The summed E-state index contributed by atoms with van der Waals surface area (Å²) in [7, 11) is 1.27. The van der Waals surface area contributed by atoms with Crippen molar-refractivity contribution in [2.75, 3.05) is 7.11 Å². The number of amides is 1. The number of nitrogens with zero attached hydrogens (tertiary/aromatic N) is 2. The van der Waals surface area contributed by atoms with Crippen molar-refractivity contribution in [3.8, 4) is 0 Å². The number of rotatable bonds is 7. The molecule has 0 fully saturated rings. The highest BCUT2D eigenvalue weighted by Gasteiger charge is 2.23. The monoisotopic (exact) mass is 341 g/mol. The molecular formula is C15H23N3O6. The van der Waals surface area contributed by atoms with Crippen LogP contribution in [-0.2, 0) is 20.8 Å². The van der Waals surface area contributed by atoms with Gasteiger partial charge in [0.1, 0.15) is 11.6 Å². The summed E-state index contributed by atoms with van der Waals surface area (Å²) in [5.74, 6) is -1.68. The van der Waals surface area contributed by atoms with E-state index in [9.17, 15) is 19.5 Å². The van der Waals surface area contributed by atoms with Crippen molar-refractivity contribution in [1.29, 1.82) is 0 Å². The number of esters is 1. The maximum absolute atomic E-state index is 11.7. The van der Waals surface area contributed by atoms with Crippen LogP contribution >= 0.6 is 0 Å². The fraction of sp³-hybridized carbons (Fsp3) is 0.600. The Morgan fingerprint density at radius 3 is 2.58 bits per heavy atom. The summed E-state index contributed by atoms with van der Waals surface area (Å²) in [5, 5.41) is 15.5. The molecule has 1 aromatic heterocycles. The number of aliphatic carboxylic acids is 1. The van der Waals surface area contributed by atoms with Crippen molar-refractivity contribution < 1.29 is 29.0 Å². The lowest BCUT2D eigenvalue weighted by molar-refractivity contribution is -0.139. The van der Waals surface area contributed by atoms with Gasteiger partial charge < -0.3 is 19.9 Å². The topological polar surface area (TPSA) is 120 Å². The van der Waals surface area contributed by atoms with Crippen molar-refractivity contribution in [2.45, 2.75) is 51.8 Å². The van der Waals surface area contributed by atoms with Crippen LogP contribution < -0.4 is 5.32 Å². The average molecular weight is 341 g/mol. The van der Waals surface area contributed by atoms with Crippen LogP contribution in [-0.4, -0.2) is 51.7 Å². The van der Waals surface area contributed by atoms with Crippen LogP contribution in [0.2, 0.25) is 0 Å². The van der Waals surface area contributed by atoms with Crippen molar-refractivity contribution in [1.82, 2.24) is 15.1 Å². The molecule has 1 rings (SSSR count). The molecule has 0 saturated carbocycles. The number of carbonyl (C=O) groups excluding carboxylic acids is 2. The van der Waals surface area contributed by atoms with Gasteiger partial charge in [-0.05, 0) is 39.7 Å². The van der Waals surface area contributed by atoms with Crippen LogP contribution in [0.25, 0.3) is 0 Å². The molecular weight excluding hydrogens is 318 g/mol. The first kappa shape index (κ1) is 19.5. The second-order valence-corrected chi connectivity index (χ2v) is 6.13. The molecule has 0 aliphatic rings. The van der Waals surface area contributed by atoms with Gasteiger partial charge in [-0.1, -0.05) is 0 Å². The number of hydrogen-bond donors (Lipinski definition) is 2. The molecule has 0 aromatic carbocycles. The van der Waals surface area contributed by atoms with E-state index in [0.717, 1.165) is 0 Å². The molecule has 134 valence electrons. The van der Waals surface area contributed by atoms with E-state index in [-0.39, 0.29) is 12.1 Å². The molecule has 0 radical (unpaired) electrons. The quantitative estimate of drug-likeness (QED) is 0.720. The number of hydrogen-bond acceptors (Lipinski definition) is 6. The highest BCUT2D eigenvalue weighted by Crippen LogP contribution is 2.08. The van der Waals surface area contributed by atoms with Crippen LogP contribution in [0, 0.1) is 0 Å². The van der Waals surface area contributed by atoms with Gasteiger partial charge in [0.2, 0.25) is 0 Å². The second-order valence-electron chi connectivity index (χ2n) is 6.13. The Morgan fingerprint density at radius 1 is 1.38 bits per heavy atom. The molecule has 1 atom stereocenters. The van der Waals surface area contributed by atoms with E-state index in [1.807, 2.05) is 0 Å². The van der Waals surface area contributed by atoms with E-state index < -0.39 is 29.7 Å². The third kappa shape index (κ3) is 6.67. The molecule has 1 unspecified atom stereocenters. The molecule has 0 aliphatic heterocycles. The fourth-order valence-electron chi connectivity index (χ4n) is 1.86. The molecule has 0 saturated heterocycles. The molecule has 0 bridgehead atoms. The Hall–Kier alpha value is -2.58. The summed E-state index contributed by atoms with van der Waals surface area (Å²) in [4.78, 5) is 34.2. The molecule has 0 spiro atoms. The van der Waals surface area contributed by atoms with Crippen molar-refractivity contribution in [2.24, 2.45) is 0 Å². The lowest BCUT2D eigenvalue weighted by Gasteiger charge is -2.22. The van der Waals surface area contributed by atoms with E-state index in [2.05, 4.69) is 15.2 Å². The average Bonchev–Trinajstić information content (AvgIpc) is 2.92. The first-order valence-electron chi connectivity index (χ1n) is 7.46. The molecule has 1 amide bonds. The van der Waals surface area contributed by atoms with Gasteiger partial charge >= 0.3 is 18.0 Å². The van der Waals surface area contributed by atoms with Crippen LogP contribution in [0.3, 0.4) is 0 Å². The first-order chi connectivity index (χ1) is 11.1. The number of nitrogens with one attached hydrogen (secondary N) is 1. The second kappa shape index (κ2) is 8.32. The lowest BCUT2D eigenvalue weighted by atomic mass is 10.1. The zero-order valence-corrected chi connectivity index (χ0v) is 14.2. The Kier molecular flexibility index (Phi) is 6.75. The number of alkyl carbamates (subject to hydrolysis) is 1. The normalized spacial score (nSPS) is 12.3. The van der Waals surface area contributed by atoms with E-state index in [1.54, 1.807) is 27.0 Å². The third-order valence-corrected chi connectivity index (χ3v) is 2.90. The summed E-state index contributed by atoms with van der Waals surface area (Å²) in [6.07, 6.45) is 1.46. The first-order valence-corrected chi connectivity index (χ1v) is 7.46. The fourth-order valence-corrected chi connectivity index (χ4v) is 1.86. The van der Waals surface area contributed by atoms with Gasteiger partial charge in [0, 0.05) is 12.7 Å². The van der Waals surface area contributed by atoms with E-state index in [4.69, 9.17) is 4.74 Å². The predicted octanol–water partition coefficient (Wildman–Crippen LogP) is 1.43. The minimum absolute atomic E-state index is 0.180. The molecule has 24 heavy (non-hydrogen) atoms. The summed E-state index contributed by atoms with van der Waals surface area (Å²) in [6, 6.07) is 0.454. The zero-order valence-electron chi connectivity index (χ0n) is 14.2. The molecule has 9 heteroatoms. The Bertz CT molecular complexity index is 590. The third-order valence-electron chi connectivity index (χ3n) is 2.90. The highest BCUT2D eigenvalue weighted by atomic mass is 16.6. The number of aromatic nitrogens is 2. The standard InChI is InChI=1S/C15H23N3O6/c1-15(2,3)24-14(22)16-10(12(19)20)6-5-8-18-9-7-11(17-18)13(21)23-4/h7,9-10H,5-6,8H2,1-4H3,(H,16,22)(H,19,20). The van der Waals surface area contributed by atoms with Crippen LogP contribution in [0.15, 0.2) is 12.3 Å². The number of carbonyl (C=O) groups is 3. The summed E-state index contributed by atoms with van der Waals surface area (Å²) < 4.78 is 11.1. The minimum Gasteiger partial charge on any atom is -0.480 e. The number of methoxy groups -OCH3 is 1. The van der Waals surface area contributed by atoms with Crippen molar-refractivity contribution in [3.05, 3.63) is 18.0 Å². The van der Waals surface area contributed by atoms with Gasteiger partial charge in [0.25, 0.3) is 0 Å². The van der Waals surface area contributed by atoms with Gasteiger partial charge in [-0.15, -0.1) is 0 Å². The van der Waals surface area contributed by atoms with E-state index >= 15 is 0 Å². The number of carboxylic acids is 1. The molecule has 1 aromatic rings. The molecule has 1 heterocycles. The number of carboxylic acid groups (broad SMARTS) is 1. The summed E-state index contributed by atoms with van der Waals surface area (Å²) in [5.41, 5.74) is -0.522. The van der Waals surface area contributed by atoms with Crippen molar-refractivity contribution in [3.63, 3.8) is 0 Å². The number of aryl methyl sites for hydroxylation is 1. The number of ether oxygens (including phenoxy) is 2. The molecule has 9 nitrogen and oxygen atoms in total. The smallest absolute Gasteiger partial charge is 0.408 e. The maximum atomic E-state index is 11.7. The van der Waals surface area contributed by atoms with Gasteiger partial charge in [-0.2, -0.15) is 5.10 Å². The van der Waals surface area contributed by atoms with E-state index in [0.29, 0.717) is 13.0 Å². The van der Waals surface area contributed by atoms with Crippen LogP contribution in [0.1, 0.15) is 44.1 Å². The van der Waals surface area contributed by atoms with Crippen molar-refractivity contribution >= 4 is 18.0 Å². The lowest BCUT2D eigenvalue weighted by Crippen LogP contribution is -2.43. The predicted molar refractivity (Wildman–Crippen MR) is 83.6 cm³/mol. The van der Waals surface area contributed by atoms with Gasteiger partial charge in [0.15, 0.2) is 5.69 Å². The Balaban J connectivity index is 2.49. The largest absolute Gasteiger partial charge is 0.480 e. The molecule has 0 aliphatic carbocycles. The van der Waals surface area contributed by atoms with Crippen LogP contribution in [0.4, 0.5) is 4.79 Å².